The summed E-state index contributed by atoms with van der Waals surface area (Å²) in [7, 11) is 1.42. The van der Waals surface area contributed by atoms with E-state index in [-0.39, 0.29) is 24.6 Å². The molecule has 0 saturated carbocycles. The smallest absolute Gasteiger partial charge is 0.255 e. The van der Waals surface area contributed by atoms with E-state index in [4.69, 9.17) is 15.2 Å². The Bertz CT molecular complexity index is 889. The fraction of sp³-hybridized carbons (Fsp3) is 0.278. The van der Waals surface area contributed by atoms with Gasteiger partial charge in [0.05, 0.1) is 7.11 Å². The summed E-state index contributed by atoms with van der Waals surface area (Å²) in [6, 6.07) is 6.37. The van der Waals surface area contributed by atoms with E-state index in [1.165, 1.54) is 25.3 Å². The van der Waals surface area contributed by atoms with Gasteiger partial charge in [0.2, 0.25) is 0 Å². The van der Waals surface area contributed by atoms with Crippen LogP contribution in [0.1, 0.15) is 27.2 Å². The highest BCUT2D eigenvalue weighted by Gasteiger charge is 2.13. The first-order valence-corrected chi connectivity index (χ1v) is 7.88. The number of rotatable bonds is 7. The molecule has 0 bridgehead atoms. The van der Waals surface area contributed by atoms with Crippen molar-refractivity contribution >= 4 is 11.8 Å². The SMILES string of the molecule is COc1cc(C(=O)NCc2c(C)cc(C)[nH]c2=O)ccc1OCC(N)=O. The second-order valence-electron chi connectivity index (χ2n) is 5.75. The number of primary amides is 1. The van der Waals surface area contributed by atoms with Crippen LogP contribution in [0.25, 0.3) is 0 Å². The lowest BCUT2D eigenvalue weighted by atomic mass is 10.1. The molecule has 2 amide bonds. The number of amides is 2. The Morgan fingerprint density at radius 3 is 2.54 bits per heavy atom. The number of nitrogens with two attached hydrogens (primary N) is 1. The molecule has 0 aliphatic carbocycles. The zero-order chi connectivity index (χ0) is 19.3. The molecular formula is C18H21N3O5. The molecule has 4 N–H and O–H groups in total. The summed E-state index contributed by atoms with van der Waals surface area (Å²) in [6.07, 6.45) is 0. The van der Waals surface area contributed by atoms with Crippen molar-refractivity contribution in [3.63, 3.8) is 0 Å². The van der Waals surface area contributed by atoms with E-state index in [1.807, 2.05) is 13.0 Å². The average molecular weight is 359 g/mol. The zero-order valence-corrected chi connectivity index (χ0v) is 14.8. The van der Waals surface area contributed by atoms with E-state index in [2.05, 4.69) is 10.3 Å². The molecule has 8 heteroatoms. The van der Waals surface area contributed by atoms with Crippen molar-refractivity contribution in [3.8, 4) is 11.5 Å². The molecule has 0 fully saturated rings. The summed E-state index contributed by atoms with van der Waals surface area (Å²) in [4.78, 5) is 37.9. The lowest BCUT2D eigenvalue weighted by Crippen LogP contribution is -2.28. The normalized spacial score (nSPS) is 10.3. The molecular weight excluding hydrogens is 338 g/mol. The van der Waals surface area contributed by atoms with Gasteiger partial charge in [0.25, 0.3) is 17.4 Å². The monoisotopic (exact) mass is 359 g/mol. The van der Waals surface area contributed by atoms with Crippen molar-refractivity contribution in [1.29, 1.82) is 0 Å². The molecule has 0 aliphatic rings. The predicted octanol–water partition coefficient (Wildman–Crippen LogP) is 0.794. The minimum absolute atomic E-state index is 0.0997. The van der Waals surface area contributed by atoms with Gasteiger partial charge in [-0.1, -0.05) is 0 Å². The van der Waals surface area contributed by atoms with Crippen LogP contribution in [0.15, 0.2) is 29.1 Å². The lowest BCUT2D eigenvalue weighted by molar-refractivity contribution is -0.119. The van der Waals surface area contributed by atoms with Crippen LogP contribution in [-0.4, -0.2) is 30.5 Å². The van der Waals surface area contributed by atoms with Crippen molar-refractivity contribution < 1.29 is 19.1 Å². The molecule has 1 heterocycles. The number of aromatic amines is 1. The molecule has 0 aliphatic heterocycles. The zero-order valence-electron chi connectivity index (χ0n) is 14.8. The first kappa shape index (κ1) is 19.0. The molecule has 2 aromatic rings. The number of aromatic nitrogens is 1. The topological polar surface area (TPSA) is 124 Å². The number of methoxy groups -OCH3 is 1. The van der Waals surface area contributed by atoms with Gasteiger partial charge in [-0.3, -0.25) is 14.4 Å². The number of pyridine rings is 1. The molecule has 8 nitrogen and oxygen atoms in total. The van der Waals surface area contributed by atoms with Crippen molar-refractivity contribution in [1.82, 2.24) is 10.3 Å². The summed E-state index contributed by atoms with van der Waals surface area (Å²) >= 11 is 0. The largest absolute Gasteiger partial charge is 0.493 e. The summed E-state index contributed by atoms with van der Waals surface area (Å²) in [5, 5.41) is 2.71. The number of hydrogen-bond acceptors (Lipinski definition) is 5. The second kappa shape index (κ2) is 8.19. The van der Waals surface area contributed by atoms with Crippen LogP contribution in [0.2, 0.25) is 0 Å². The molecule has 26 heavy (non-hydrogen) atoms. The van der Waals surface area contributed by atoms with Crippen LogP contribution in [-0.2, 0) is 11.3 Å². The second-order valence-corrected chi connectivity index (χ2v) is 5.75. The van der Waals surface area contributed by atoms with Crippen LogP contribution in [0.3, 0.4) is 0 Å². The van der Waals surface area contributed by atoms with Gasteiger partial charge in [0.1, 0.15) is 0 Å². The number of benzene rings is 1. The summed E-state index contributed by atoms with van der Waals surface area (Å²) in [5.74, 6) is -0.395. The molecule has 1 aromatic carbocycles. The Morgan fingerprint density at radius 1 is 1.19 bits per heavy atom. The van der Waals surface area contributed by atoms with E-state index >= 15 is 0 Å². The van der Waals surface area contributed by atoms with Crippen LogP contribution in [0.4, 0.5) is 0 Å². The van der Waals surface area contributed by atoms with Gasteiger partial charge in [0, 0.05) is 23.4 Å². The maximum Gasteiger partial charge on any atom is 0.255 e. The summed E-state index contributed by atoms with van der Waals surface area (Å²) in [5.41, 5.74) is 7.21. The molecule has 0 unspecified atom stereocenters. The van der Waals surface area contributed by atoms with Gasteiger partial charge in [-0.05, 0) is 43.7 Å². The predicted molar refractivity (Wildman–Crippen MR) is 95.4 cm³/mol. The van der Waals surface area contributed by atoms with Crippen molar-refractivity contribution in [3.05, 3.63) is 57.0 Å². The maximum atomic E-state index is 12.4. The Kier molecular flexibility index (Phi) is 6.00. The number of hydrogen-bond donors (Lipinski definition) is 3. The molecule has 0 spiro atoms. The molecule has 138 valence electrons. The molecule has 0 atom stereocenters. The van der Waals surface area contributed by atoms with E-state index in [1.54, 1.807) is 6.92 Å². The Hall–Kier alpha value is -3.29. The van der Waals surface area contributed by atoms with Crippen LogP contribution < -0.4 is 26.1 Å². The first-order valence-electron chi connectivity index (χ1n) is 7.88. The van der Waals surface area contributed by atoms with Crippen LogP contribution in [0, 0.1) is 13.8 Å². The third-order valence-corrected chi connectivity index (χ3v) is 3.72. The first-order chi connectivity index (χ1) is 12.3. The van der Waals surface area contributed by atoms with Gasteiger partial charge < -0.3 is 25.5 Å². The van der Waals surface area contributed by atoms with Crippen molar-refractivity contribution in [2.75, 3.05) is 13.7 Å². The van der Waals surface area contributed by atoms with Gasteiger partial charge >= 0.3 is 0 Å². The Labute approximate surface area is 150 Å². The maximum absolute atomic E-state index is 12.4. The van der Waals surface area contributed by atoms with E-state index in [0.717, 1.165) is 11.3 Å². The highest BCUT2D eigenvalue weighted by atomic mass is 16.5. The van der Waals surface area contributed by atoms with Gasteiger partial charge in [0.15, 0.2) is 18.1 Å². The summed E-state index contributed by atoms with van der Waals surface area (Å²) in [6.45, 7) is 3.42. The van der Waals surface area contributed by atoms with Crippen molar-refractivity contribution in [2.24, 2.45) is 5.73 Å². The minimum Gasteiger partial charge on any atom is -0.493 e. The molecule has 0 radical (unpaired) electrons. The number of aryl methyl sites for hydroxylation is 2. The fourth-order valence-corrected chi connectivity index (χ4v) is 2.45. The van der Waals surface area contributed by atoms with Gasteiger partial charge in [-0.2, -0.15) is 0 Å². The minimum atomic E-state index is -0.618. The Balaban J connectivity index is 2.12. The van der Waals surface area contributed by atoms with Crippen LogP contribution >= 0.6 is 0 Å². The molecule has 0 saturated heterocycles. The van der Waals surface area contributed by atoms with E-state index in [0.29, 0.717) is 22.6 Å². The van der Waals surface area contributed by atoms with Gasteiger partial charge in [-0.25, -0.2) is 0 Å². The number of carbonyl (C=O) groups is 2. The average Bonchev–Trinajstić information content (AvgIpc) is 2.58. The highest BCUT2D eigenvalue weighted by Crippen LogP contribution is 2.28. The fourth-order valence-electron chi connectivity index (χ4n) is 2.45. The number of ether oxygens (including phenoxy) is 2. The number of carbonyl (C=O) groups excluding carboxylic acids is 2. The van der Waals surface area contributed by atoms with Crippen LogP contribution in [0.5, 0.6) is 11.5 Å². The van der Waals surface area contributed by atoms with Crippen molar-refractivity contribution in [2.45, 2.75) is 20.4 Å². The quantitative estimate of drug-likeness (QED) is 0.674. The summed E-state index contributed by atoms with van der Waals surface area (Å²) < 4.78 is 10.4. The van der Waals surface area contributed by atoms with Gasteiger partial charge in [-0.15, -0.1) is 0 Å². The standard InChI is InChI=1S/C18H21N3O5/c1-10-6-11(2)21-18(24)13(10)8-20-17(23)12-4-5-14(15(7-12)25-3)26-9-16(19)22/h4-7H,8-9H2,1-3H3,(H2,19,22)(H,20,23)(H,21,24). The Morgan fingerprint density at radius 2 is 1.92 bits per heavy atom. The van der Waals surface area contributed by atoms with E-state index in [9.17, 15) is 14.4 Å². The lowest BCUT2D eigenvalue weighted by Gasteiger charge is -2.12. The third kappa shape index (κ3) is 4.62. The number of nitrogens with one attached hydrogen (secondary N) is 2. The highest BCUT2D eigenvalue weighted by molar-refractivity contribution is 5.94. The third-order valence-electron chi connectivity index (χ3n) is 3.72. The van der Waals surface area contributed by atoms with E-state index < -0.39 is 5.91 Å². The number of H-pyrrole nitrogens is 1. The molecule has 1 aromatic heterocycles. The molecule has 2 rings (SSSR count).